The van der Waals surface area contributed by atoms with Crippen LogP contribution < -0.4 is 20.7 Å². The summed E-state index contributed by atoms with van der Waals surface area (Å²) < 4.78 is 6.51. The minimum Gasteiger partial charge on any atom is -0.490 e. The van der Waals surface area contributed by atoms with Crippen LogP contribution in [-0.4, -0.2) is 66.0 Å². The molecule has 2 aromatic rings. The van der Waals surface area contributed by atoms with Crippen LogP contribution in [0.1, 0.15) is 48.4 Å². The van der Waals surface area contributed by atoms with E-state index in [1.54, 1.807) is 17.0 Å². The zero-order valence-corrected chi connectivity index (χ0v) is 22.3. The monoisotopic (exact) mass is 551 g/mol. The molecule has 3 fully saturated rings. The predicted molar refractivity (Wildman–Crippen MR) is 144 cm³/mol. The van der Waals surface area contributed by atoms with Crippen molar-refractivity contribution in [1.29, 1.82) is 0 Å². The number of piperidine rings is 2. The quantitative estimate of drug-likeness (QED) is 0.539. The van der Waals surface area contributed by atoms with Gasteiger partial charge in [-0.15, -0.1) is 0 Å². The lowest BCUT2D eigenvalue weighted by molar-refractivity contribution is -0.130. The number of halogens is 1. The second-order valence-corrected chi connectivity index (χ2v) is 11.1. The number of amides is 6. The number of aryl methyl sites for hydroxylation is 1. The fourth-order valence-electron chi connectivity index (χ4n) is 6.22. The third-order valence-electron chi connectivity index (χ3n) is 8.23. The largest absolute Gasteiger partial charge is 0.490 e. The molecule has 11 heteroatoms. The molecule has 0 radical (unpaired) electrons. The van der Waals surface area contributed by atoms with Crippen molar-refractivity contribution in [2.75, 3.05) is 31.5 Å². The van der Waals surface area contributed by atoms with Crippen molar-refractivity contribution in [2.45, 2.75) is 50.2 Å². The van der Waals surface area contributed by atoms with Crippen LogP contribution in [0.2, 0.25) is 5.02 Å². The lowest BCUT2D eigenvalue weighted by atomic mass is 9.67. The van der Waals surface area contributed by atoms with Crippen LogP contribution in [0.25, 0.3) is 0 Å². The molecule has 0 bridgehead atoms. The van der Waals surface area contributed by atoms with Crippen molar-refractivity contribution in [3.63, 3.8) is 0 Å². The highest BCUT2D eigenvalue weighted by Gasteiger charge is 2.56. The summed E-state index contributed by atoms with van der Waals surface area (Å²) in [6.45, 7) is 3.74. The maximum absolute atomic E-state index is 13.6. The highest BCUT2D eigenvalue weighted by atomic mass is 35.5. The second-order valence-electron chi connectivity index (χ2n) is 10.6. The average molecular weight is 552 g/mol. The first-order valence-corrected chi connectivity index (χ1v) is 13.7. The Morgan fingerprint density at radius 1 is 1.08 bits per heavy atom. The Kier molecular flexibility index (Phi) is 6.37. The Balaban J connectivity index is 1.27. The molecule has 0 aromatic heterocycles. The Labute approximate surface area is 231 Å². The fourth-order valence-corrected chi connectivity index (χ4v) is 6.40. The summed E-state index contributed by atoms with van der Waals surface area (Å²) in [6.07, 6.45) is 1.62. The smallest absolute Gasteiger partial charge is 0.328 e. The normalized spacial score (nSPS) is 24.9. The highest BCUT2D eigenvalue weighted by Crippen LogP contribution is 2.52. The summed E-state index contributed by atoms with van der Waals surface area (Å²) in [7, 11) is 0. The van der Waals surface area contributed by atoms with Crippen LogP contribution in [0, 0.1) is 6.92 Å². The van der Waals surface area contributed by atoms with Gasteiger partial charge in [0.1, 0.15) is 17.3 Å². The van der Waals surface area contributed by atoms with E-state index in [0.717, 1.165) is 16.7 Å². The molecule has 6 amide bonds. The summed E-state index contributed by atoms with van der Waals surface area (Å²) >= 11 is 6.22. The molecule has 0 unspecified atom stereocenters. The highest BCUT2D eigenvalue weighted by molar-refractivity contribution is 6.31. The third kappa shape index (κ3) is 4.36. The Hall–Kier alpha value is -3.79. The van der Waals surface area contributed by atoms with E-state index in [0.29, 0.717) is 61.9 Å². The molecule has 2 aromatic carbocycles. The van der Waals surface area contributed by atoms with E-state index in [9.17, 15) is 19.2 Å². The first kappa shape index (κ1) is 25.5. The van der Waals surface area contributed by atoms with Crippen molar-refractivity contribution in [3.05, 3.63) is 58.1 Å². The summed E-state index contributed by atoms with van der Waals surface area (Å²) in [5, 5.41) is 9.27. The number of hydrogen-bond donors (Lipinski definition) is 3. The van der Waals surface area contributed by atoms with E-state index in [2.05, 4.69) is 16.0 Å². The molecule has 4 aliphatic heterocycles. The first-order valence-electron chi connectivity index (χ1n) is 13.3. The van der Waals surface area contributed by atoms with Gasteiger partial charge in [0.2, 0.25) is 11.8 Å². The number of likely N-dealkylation sites (tertiary alicyclic amines) is 1. The second kappa shape index (κ2) is 9.75. The number of rotatable bonds is 3. The number of fused-ring (bicyclic) bond motifs is 2. The molecule has 10 nitrogen and oxygen atoms in total. The van der Waals surface area contributed by atoms with Gasteiger partial charge in [-0.3, -0.25) is 9.59 Å². The van der Waals surface area contributed by atoms with E-state index in [1.165, 1.54) is 4.90 Å². The molecular formula is C28H30ClN5O5. The van der Waals surface area contributed by atoms with Crippen LogP contribution in [-0.2, 0) is 15.0 Å². The van der Waals surface area contributed by atoms with Gasteiger partial charge in [-0.25, -0.2) is 14.5 Å². The van der Waals surface area contributed by atoms with E-state index in [4.69, 9.17) is 16.3 Å². The molecule has 6 rings (SSSR count). The van der Waals surface area contributed by atoms with Gasteiger partial charge < -0.3 is 25.6 Å². The summed E-state index contributed by atoms with van der Waals surface area (Å²) in [5.41, 5.74) is 2.20. The Bertz CT molecular complexity index is 1370. The number of carbonyl (C=O) groups is 4. The van der Waals surface area contributed by atoms with Crippen LogP contribution in [0.4, 0.5) is 15.3 Å². The van der Waals surface area contributed by atoms with Gasteiger partial charge >= 0.3 is 12.1 Å². The van der Waals surface area contributed by atoms with E-state index >= 15 is 0 Å². The zero-order valence-electron chi connectivity index (χ0n) is 21.6. The van der Waals surface area contributed by atoms with Gasteiger partial charge in [0.05, 0.1) is 6.04 Å². The van der Waals surface area contributed by atoms with Crippen LogP contribution in [0.15, 0.2) is 36.4 Å². The molecule has 3 saturated heterocycles. The topological polar surface area (TPSA) is 120 Å². The van der Waals surface area contributed by atoms with Crippen molar-refractivity contribution >= 4 is 41.2 Å². The zero-order chi connectivity index (χ0) is 27.3. The SMILES string of the molecule is Cc1ccc(OC2CCN(C(=O)N3CCNC3=O)CC2)c([C@H]2NC(=O)CC[C@]23C(=O)Nc2cc(Cl)ccc23)c1. The van der Waals surface area contributed by atoms with Crippen LogP contribution >= 0.6 is 11.6 Å². The first-order chi connectivity index (χ1) is 18.8. The number of ether oxygens (including phenoxy) is 1. The number of benzene rings is 2. The van der Waals surface area contributed by atoms with Gasteiger partial charge in [-0.2, -0.15) is 0 Å². The predicted octanol–water partition coefficient (Wildman–Crippen LogP) is 3.48. The van der Waals surface area contributed by atoms with Gasteiger partial charge in [0.15, 0.2) is 0 Å². The molecule has 0 saturated carbocycles. The standard InChI is InChI=1S/C28H30ClN5O5/c1-16-2-5-22(39-18-7-11-33(12-8-18)27(38)34-13-10-30-26(34)37)19(14-16)24-28(9-6-23(35)32-24)20-4-3-17(29)15-21(20)31-25(28)36/h2-5,14-15,18,24H,6-13H2,1H3,(H,30,37)(H,31,36)(H,32,35)/t24-,28-/m1/s1. The molecule has 1 spiro atoms. The number of hydrogen-bond acceptors (Lipinski definition) is 5. The minimum atomic E-state index is -0.994. The number of urea groups is 2. The van der Waals surface area contributed by atoms with Crippen LogP contribution in [0.3, 0.4) is 0 Å². The molecule has 204 valence electrons. The molecule has 4 aliphatic rings. The third-order valence-corrected chi connectivity index (χ3v) is 8.47. The minimum absolute atomic E-state index is 0.119. The fraction of sp³-hybridized carbons (Fsp3) is 0.429. The number of carbonyl (C=O) groups excluding carboxylic acids is 4. The summed E-state index contributed by atoms with van der Waals surface area (Å²) in [4.78, 5) is 53.9. The summed E-state index contributed by atoms with van der Waals surface area (Å²) in [5.74, 6) is 0.312. The lowest BCUT2D eigenvalue weighted by Crippen LogP contribution is -2.52. The maximum Gasteiger partial charge on any atom is 0.328 e. The molecular weight excluding hydrogens is 522 g/mol. The van der Waals surface area contributed by atoms with Gasteiger partial charge in [0.25, 0.3) is 0 Å². The number of imide groups is 1. The van der Waals surface area contributed by atoms with Crippen LogP contribution in [0.5, 0.6) is 5.75 Å². The maximum atomic E-state index is 13.6. The molecule has 4 heterocycles. The lowest BCUT2D eigenvalue weighted by Gasteiger charge is -2.41. The average Bonchev–Trinajstić information content (AvgIpc) is 3.46. The summed E-state index contributed by atoms with van der Waals surface area (Å²) in [6, 6.07) is 9.91. The van der Waals surface area contributed by atoms with Crippen molar-refractivity contribution in [2.24, 2.45) is 0 Å². The van der Waals surface area contributed by atoms with Gasteiger partial charge in [-0.05, 0) is 37.1 Å². The number of nitrogens with zero attached hydrogens (tertiary/aromatic N) is 2. The van der Waals surface area contributed by atoms with Crippen molar-refractivity contribution in [3.8, 4) is 5.75 Å². The Morgan fingerprint density at radius 3 is 2.62 bits per heavy atom. The molecule has 39 heavy (non-hydrogen) atoms. The van der Waals surface area contributed by atoms with Gasteiger partial charge in [-0.1, -0.05) is 35.4 Å². The molecule has 3 N–H and O–H groups in total. The molecule has 2 atom stereocenters. The number of nitrogens with one attached hydrogen (secondary N) is 3. The van der Waals surface area contributed by atoms with E-state index in [-0.39, 0.29) is 36.4 Å². The van der Waals surface area contributed by atoms with E-state index < -0.39 is 11.5 Å². The molecule has 0 aliphatic carbocycles. The van der Waals surface area contributed by atoms with Crippen molar-refractivity contribution < 1.29 is 23.9 Å². The van der Waals surface area contributed by atoms with Crippen molar-refractivity contribution in [1.82, 2.24) is 20.4 Å². The van der Waals surface area contributed by atoms with Gasteiger partial charge in [0, 0.05) is 61.7 Å². The van der Waals surface area contributed by atoms with E-state index in [1.807, 2.05) is 31.2 Å². The Morgan fingerprint density at radius 2 is 1.87 bits per heavy atom. The number of anilines is 1.